The predicted molar refractivity (Wildman–Crippen MR) is 152 cm³/mol. The lowest BCUT2D eigenvalue weighted by molar-refractivity contribution is 0.0895. The van der Waals surface area contributed by atoms with Gasteiger partial charge in [-0.1, -0.05) is 67.3 Å². The van der Waals surface area contributed by atoms with E-state index < -0.39 is 8.07 Å². The molecule has 0 fully saturated rings. The van der Waals surface area contributed by atoms with E-state index in [2.05, 4.69) is 59.0 Å². The van der Waals surface area contributed by atoms with E-state index in [0.29, 0.717) is 29.6 Å². The Morgan fingerprint density at radius 2 is 1.75 bits per heavy atom. The Hall–Kier alpha value is -3.37. The summed E-state index contributed by atoms with van der Waals surface area (Å²) in [7, 11) is -1.22. The lowest BCUT2D eigenvalue weighted by atomic mass is 10.1. The van der Waals surface area contributed by atoms with Crippen LogP contribution in [0.2, 0.25) is 30.7 Å². The Morgan fingerprint density at radius 1 is 1.00 bits per heavy atom. The van der Waals surface area contributed by atoms with Gasteiger partial charge < -0.3 is 15.0 Å². The largest absolute Gasteiger partial charge is 0.368 e. The van der Waals surface area contributed by atoms with Crippen molar-refractivity contribution in [2.24, 2.45) is 0 Å². The first kappa shape index (κ1) is 25.7. The fraction of sp³-hybridized carbons (Fsp3) is 0.241. The minimum atomic E-state index is -1.22. The molecule has 0 saturated heterocycles. The fourth-order valence-electron chi connectivity index (χ4n) is 3.80. The number of anilines is 1. The maximum Gasteiger partial charge on any atom is 0.220 e. The van der Waals surface area contributed by atoms with E-state index in [-0.39, 0.29) is 5.95 Å². The number of ether oxygens (including phenoxy) is 1. The zero-order valence-electron chi connectivity index (χ0n) is 21.2. The van der Waals surface area contributed by atoms with Crippen LogP contribution in [-0.2, 0) is 11.5 Å². The molecule has 7 heteroatoms. The average Bonchev–Trinajstić information content (AvgIpc) is 3.26. The standard InChI is InChI=1S/C29H31ClN4OSi/c1-21-10-13-24(30)18-25(21)26-14-15-27(34(26)20-35-16-17-36(2,3)4)28-23(19-32-29(31)33-28)12-11-22-8-6-5-7-9-22/h5-10,13-15,18-19H,16-17,20H2,1-4H3,(H2,31,32,33). The molecule has 2 aromatic heterocycles. The molecule has 4 aromatic rings. The molecule has 0 bridgehead atoms. The third-order valence-corrected chi connectivity index (χ3v) is 7.78. The van der Waals surface area contributed by atoms with Crippen molar-refractivity contribution in [2.75, 3.05) is 12.3 Å². The van der Waals surface area contributed by atoms with Crippen molar-refractivity contribution < 1.29 is 4.74 Å². The molecule has 0 aliphatic heterocycles. The van der Waals surface area contributed by atoms with Crippen LogP contribution < -0.4 is 5.73 Å². The molecule has 2 N–H and O–H groups in total. The molecule has 0 spiro atoms. The molecule has 5 nitrogen and oxygen atoms in total. The van der Waals surface area contributed by atoms with E-state index in [1.807, 2.05) is 54.6 Å². The van der Waals surface area contributed by atoms with Crippen LogP contribution in [-0.4, -0.2) is 29.2 Å². The van der Waals surface area contributed by atoms with Crippen LogP contribution in [0.5, 0.6) is 0 Å². The molecule has 0 aliphatic rings. The molecule has 2 aromatic carbocycles. The summed E-state index contributed by atoms with van der Waals surface area (Å²) in [5.41, 5.74) is 12.3. The van der Waals surface area contributed by atoms with Crippen LogP contribution in [0.25, 0.3) is 22.6 Å². The number of aryl methyl sites for hydroxylation is 1. The second kappa shape index (κ2) is 11.1. The van der Waals surface area contributed by atoms with Crippen molar-refractivity contribution in [3.05, 3.63) is 88.6 Å². The Labute approximate surface area is 219 Å². The first-order chi connectivity index (χ1) is 17.2. The molecule has 0 atom stereocenters. The van der Waals surface area contributed by atoms with Gasteiger partial charge in [0.2, 0.25) is 5.95 Å². The summed E-state index contributed by atoms with van der Waals surface area (Å²) >= 11 is 6.37. The zero-order chi connectivity index (χ0) is 25.7. The number of aromatic nitrogens is 3. The second-order valence-electron chi connectivity index (χ2n) is 9.95. The molecule has 0 saturated carbocycles. The predicted octanol–water partition coefficient (Wildman–Crippen LogP) is 6.87. The maximum atomic E-state index is 6.37. The van der Waals surface area contributed by atoms with Crippen molar-refractivity contribution in [2.45, 2.75) is 39.3 Å². The van der Waals surface area contributed by atoms with Crippen LogP contribution in [0, 0.1) is 18.8 Å². The Balaban J connectivity index is 1.80. The third kappa shape index (κ3) is 6.44. The number of hydrogen-bond donors (Lipinski definition) is 1. The van der Waals surface area contributed by atoms with E-state index in [1.54, 1.807) is 6.20 Å². The lowest BCUT2D eigenvalue weighted by Crippen LogP contribution is -2.22. The highest BCUT2D eigenvalue weighted by Gasteiger charge is 2.19. The van der Waals surface area contributed by atoms with Crippen molar-refractivity contribution in [3.8, 4) is 34.5 Å². The van der Waals surface area contributed by atoms with Gasteiger partial charge in [0, 0.05) is 37.0 Å². The van der Waals surface area contributed by atoms with E-state index in [9.17, 15) is 0 Å². The highest BCUT2D eigenvalue weighted by Crippen LogP contribution is 2.33. The second-order valence-corrected chi connectivity index (χ2v) is 16.0. The molecule has 0 unspecified atom stereocenters. The molecule has 4 rings (SSSR count). The Bertz CT molecular complexity index is 1410. The quantitative estimate of drug-likeness (QED) is 0.166. The van der Waals surface area contributed by atoms with Crippen LogP contribution in [0.15, 0.2) is 66.9 Å². The number of nitrogens with zero attached hydrogens (tertiary/aromatic N) is 3. The molecule has 184 valence electrons. The number of halogens is 1. The van der Waals surface area contributed by atoms with E-state index in [0.717, 1.165) is 34.1 Å². The summed E-state index contributed by atoms with van der Waals surface area (Å²) in [6.45, 7) is 10.2. The SMILES string of the molecule is Cc1ccc(Cl)cc1-c1ccc(-c2nc(N)ncc2C#Cc2ccccc2)n1COCC[Si](C)(C)C. The highest BCUT2D eigenvalue weighted by molar-refractivity contribution is 6.76. The minimum absolute atomic E-state index is 0.197. The van der Waals surface area contributed by atoms with Gasteiger partial charge in [0.1, 0.15) is 12.4 Å². The normalized spacial score (nSPS) is 11.2. The van der Waals surface area contributed by atoms with Crippen molar-refractivity contribution in [3.63, 3.8) is 0 Å². The zero-order valence-corrected chi connectivity index (χ0v) is 22.9. The number of rotatable bonds is 7. The van der Waals surface area contributed by atoms with Crippen molar-refractivity contribution in [1.82, 2.24) is 14.5 Å². The molecule has 2 heterocycles. The summed E-state index contributed by atoms with van der Waals surface area (Å²) in [5.74, 6) is 6.65. The number of nitrogens with two attached hydrogens (primary N) is 1. The van der Waals surface area contributed by atoms with Gasteiger partial charge >= 0.3 is 0 Å². The molecular formula is C29H31ClN4OSi. The van der Waals surface area contributed by atoms with Gasteiger partial charge in [-0.25, -0.2) is 9.97 Å². The molecule has 0 aliphatic carbocycles. The van der Waals surface area contributed by atoms with Crippen molar-refractivity contribution in [1.29, 1.82) is 0 Å². The van der Waals surface area contributed by atoms with Crippen LogP contribution in [0.4, 0.5) is 5.95 Å². The number of benzene rings is 2. The number of hydrogen-bond acceptors (Lipinski definition) is 4. The first-order valence-electron chi connectivity index (χ1n) is 11.9. The maximum absolute atomic E-state index is 6.37. The first-order valence-corrected chi connectivity index (χ1v) is 16.0. The lowest BCUT2D eigenvalue weighted by Gasteiger charge is -2.19. The van der Waals surface area contributed by atoms with E-state index in [1.165, 1.54) is 0 Å². The number of nitrogen functional groups attached to an aromatic ring is 1. The summed E-state index contributed by atoms with van der Waals surface area (Å²) < 4.78 is 8.33. The molecule has 36 heavy (non-hydrogen) atoms. The van der Waals surface area contributed by atoms with Gasteiger partial charge in [-0.05, 0) is 54.9 Å². The molecule has 0 radical (unpaired) electrons. The van der Waals surface area contributed by atoms with Gasteiger partial charge in [-0.3, -0.25) is 0 Å². The van der Waals surface area contributed by atoms with Crippen LogP contribution in [0.3, 0.4) is 0 Å². The van der Waals surface area contributed by atoms with Crippen LogP contribution >= 0.6 is 11.6 Å². The summed E-state index contributed by atoms with van der Waals surface area (Å²) in [5, 5.41) is 0.685. The summed E-state index contributed by atoms with van der Waals surface area (Å²) in [6.07, 6.45) is 1.68. The monoisotopic (exact) mass is 514 g/mol. The van der Waals surface area contributed by atoms with Gasteiger partial charge in [0.25, 0.3) is 0 Å². The highest BCUT2D eigenvalue weighted by atomic mass is 35.5. The summed E-state index contributed by atoms with van der Waals surface area (Å²) in [4.78, 5) is 8.81. The van der Waals surface area contributed by atoms with E-state index >= 15 is 0 Å². The van der Waals surface area contributed by atoms with E-state index in [4.69, 9.17) is 22.1 Å². The smallest absolute Gasteiger partial charge is 0.220 e. The third-order valence-electron chi connectivity index (χ3n) is 5.84. The van der Waals surface area contributed by atoms with Gasteiger partial charge in [0.05, 0.1) is 17.0 Å². The fourth-order valence-corrected chi connectivity index (χ4v) is 4.72. The van der Waals surface area contributed by atoms with Gasteiger partial charge in [0.15, 0.2) is 0 Å². The molecular weight excluding hydrogens is 484 g/mol. The Morgan fingerprint density at radius 3 is 2.50 bits per heavy atom. The van der Waals surface area contributed by atoms with Gasteiger partial charge in [-0.15, -0.1) is 0 Å². The van der Waals surface area contributed by atoms with Crippen molar-refractivity contribution >= 4 is 25.6 Å². The average molecular weight is 515 g/mol. The topological polar surface area (TPSA) is 66.0 Å². The molecule has 0 amide bonds. The van der Waals surface area contributed by atoms with Gasteiger partial charge in [-0.2, -0.15) is 0 Å². The van der Waals surface area contributed by atoms with Crippen LogP contribution in [0.1, 0.15) is 16.7 Å². The minimum Gasteiger partial charge on any atom is -0.368 e. The Kier molecular flexibility index (Phi) is 7.95. The summed E-state index contributed by atoms with van der Waals surface area (Å²) in [6, 6.07) is 21.0.